The molecule has 0 unspecified atom stereocenters. The van der Waals surface area contributed by atoms with Gasteiger partial charge in [-0.1, -0.05) is 30.3 Å². The van der Waals surface area contributed by atoms with E-state index in [-0.39, 0.29) is 12.5 Å². The lowest BCUT2D eigenvalue weighted by Gasteiger charge is -2.31. The van der Waals surface area contributed by atoms with Crippen LogP contribution >= 0.6 is 11.3 Å². The van der Waals surface area contributed by atoms with E-state index in [9.17, 15) is 4.79 Å². The van der Waals surface area contributed by atoms with Crippen LogP contribution in [-0.2, 0) is 16.1 Å². The predicted molar refractivity (Wildman–Crippen MR) is 91.5 cm³/mol. The first-order valence-corrected chi connectivity index (χ1v) is 8.92. The number of amides is 1. The van der Waals surface area contributed by atoms with E-state index in [1.165, 1.54) is 0 Å². The molecule has 5 heteroatoms. The van der Waals surface area contributed by atoms with Gasteiger partial charge >= 0.3 is 0 Å². The zero-order valence-electron chi connectivity index (χ0n) is 13.4. The van der Waals surface area contributed by atoms with Gasteiger partial charge in [0.25, 0.3) is 0 Å². The van der Waals surface area contributed by atoms with Gasteiger partial charge in [-0.2, -0.15) is 0 Å². The quantitative estimate of drug-likeness (QED) is 0.844. The van der Waals surface area contributed by atoms with Crippen molar-refractivity contribution < 1.29 is 9.53 Å². The highest BCUT2D eigenvalue weighted by molar-refractivity contribution is 7.09. The number of thiazole rings is 1. The Kier molecular flexibility index (Phi) is 5.41. The van der Waals surface area contributed by atoms with Gasteiger partial charge in [-0.05, 0) is 25.3 Å². The summed E-state index contributed by atoms with van der Waals surface area (Å²) in [7, 11) is 0. The Morgan fingerprint density at radius 2 is 2.22 bits per heavy atom. The number of piperidine rings is 1. The number of carbonyl (C=O) groups is 1. The summed E-state index contributed by atoms with van der Waals surface area (Å²) in [6.45, 7) is 4.24. The molecule has 1 aromatic carbocycles. The van der Waals surface area contributed by atoms with E-state index in [1.54, 1.807) is 11.3 Å². The molecule has 2 heterocycles. The van der Waals surface area contributed by atoms with Gasteiger partial charge in [-0.3, -0.25) is 4.79 Å². The highest BCUT2D eigenvalue weighted by Crippen LogP contribution is 2.29. The first-order valence-electron chi connectivity index (χ1n) is 8.04. The second kappa shape index (κ2) is 7.70. The number of hydrogen-bond acceptors (Lipinski definition) is 4. The molecule has 1 amide bonds. The van der Waals surface area contributed by atoms with Gasteiger partial charge in [-0.25, -0.2) is 4.98 Å². The molecule has 0 radical (unpaired) electrons. The minimum atomic E-state index is 0.0823. The Balaban J connectivity index is 1.49. The van der Waals surface area contributed by atoms with Crippen molar-refractivity contribution in [3.8, 4) is 0 Å². The van der Waals surface area contributed by atoms with Crippen LogP contribution in [0.15, 0.2) is 35.7 Å². The number of aromatic nitrogens is 1. The number of likely N-dealkylation sites (tertiary alicyclic amines) is 1. The van der Waals surface area contributed by atoms with E-state index in [0.717, 1.165) is 42.2 Å². The van der Waals surface area contributed by atoms with Crippen molar-refractivity contribution in [2.45, 2.75) is 32.3 Å². The lowest BCUT2D eigenvalue weighted by atomic mass is 9.99. The van der Waals surface area contributed by atoms with Crippen LogP contribution in [0.1, 0.15) is 35.0 Å². The Bertz CT molecular complexity index is 641. The molecule has 1 saturated heterocycles. The Labute approximate surface area is 141 Å². The summed E-state index contributed by atoms with van der Waals surface area (Å²) in [6, 6.07) is 9.94. The second-order valence-corrected chi connectivity index (χ2v) is 6.87. The van der Waals surface area contributed by atoms with Crippen LogP contribution in [-0.4, -0.2) is 35.5 Å². The molecule has 3 rings (SSSR count). The summed E-state index contributed by atoms with van der Waals surface area (Å²) in [5.74, 6) is 0.458. The van der Waals surface area contributed by atoms with Gasteiger partial charge in [-0.15, -0.1) is 11.3 Å². The SMILES string of the molecule is Cc1csc([C@H]2CCCN(C(=O)COCc3ccccc3)C2)n1. The average Bonchev–Trinajstić information content (AvgIpc) is 3.02. The molecule has 2 aromatic rings. The number of benzene rings is 1. The van der Waals surface area contributed by atoms with E-state index in [2.05, 4.69) is 10.4 Å². The van der Waals surface area contributed by atoms with Gasteiger partial charge in [0, 0.05) is 30.1 Å². The maximum absolute atomic E-state index is 12.4. The third-order valence-electron chi connectivity index (χ3n) is 4.10. The van der Waals surface area contributed by atoms with E-state index in [1.807, 2.05) is 42.2 Å². The van der Waals surface area contributed by atoms with Gasteiger partial charge in [0.2, 0.25) is 5.91 Å². The van der Waals surface area contributed by atoms with Crippen molar-refractivity contribution >= 4 is 17.2 Å². The van der Waals surface area contributed by atoms with Crippen LogP contribution in [0, 0.1) is 6.92 Å². The van der Waals surface area contributed by atoms with Crippen LogP contribution in [0.3, 0.4) is 0 Å². The summed E-state index contributed by atoms with van der Waals surface area (Å²) in [5, 5.41) is 3.24. The molecule has 4 nitrogen and oxygen atoms in total. The van der Waals surface area contributed by atoms with Gasteiger partial charge < -0.3 is 9.64 Å². The second-order valence-electron chi connectivity index (χ2n) is 5.98. The molecule has 1 aliphatic rings. The van der Waals surface area contributed by atoms with Crippen LogP contribution in [0.4, 0.5) is 0 Å². The number of aryl methyl sites for hydroxylation is 1. The molecule has 0 N–H and O–H groups in total. The largest absolute Gasteiger partial charge is 0.367 e. The molecule has 1 aromatic heterocycles. The van der Waals surface area contributed by atoms with E-state index < -0.39 is 0 Å². The van der Waals surface area contributed by atoms with E-state index in [4.69, 9.17) is 4.74 Å². The average molecular weight is 330 g/mol. The monoisotopic (exact) mass is 330 g/mol. The molecule has 0 bridgehead atoms. The number of ether oxygens (including phenoxy) is 1. The smallest absolute Gasteiger partial charge is 0.248 e. The summed E-state index contributed by atoms with van der Waals surface area (Å²) in [5.41, 5.74) is 2.16. The van der Waals surface area contributed by atoms with Crippen molar-refractivity contribution in [3.63, 3.8) is 0 Å². The molecule has 1 atom stereocenters. The molecule has 23 heavy (non-hydrogen) atoms. The predicted octanol–water partition coefficient (Wildman–Crippen LogP) is 3.37. The molecule has 0 aliphatic carbocycles. The molecule has 1 fully saturated rings. The van der Waals surface area contributed by atoms with Crippen molar-refractivity contribution in [1.29, 1.82) is 0 Å². The zero-order chi connectivity index (χ0) is 16.1. The molecule has 1 aliphatic heterocycles. The van der Waals surface area contributed by atoms with E-state index >= 15 is 0 Å². The standard InChI is InChI=1S/C18H22N2O2S/c1-14-13-23-18(19-14)16-8-5-9-20(10-16)17(21)12-22-11-15-6-3-2-4-7-15/h2-4,6-7,13,16H,5,8-12H2,1H3/t16-/m0/s1. The van der Waals surface area contributed by atoms with Crippen molar-refractivity contribution in [1.82, 2.24) is 9.88 Å². The van der Waals surface area contributed by atoms with Crippen molar-refractivity contribution in [3.05, 3.63) is 52.0 Å². The highest BCUT2D eigenvalue weighted by atomic mass is 32.1. The summed E-state index contributed by atoms with van der Waals surface area (Å²) in [4.78, 5) is 18.9. The fourth-order valence-electron chi connectivity index (χ4n) is 2.89. The summed E-state index contributed by atoms with van der Waals surface area (Å²) in [6.07, 6.45) is 2.15. The summed E-state index contributed by atoms with van der Waals surface area (Å²) < 4.78 is 5.58. The third kappa shape index (κ3) is 4.39. The summed E-state index contributed by atoms with van der Waals surface area (Å²) >= 11 is 1.70. The van der Waals surface area contributed by atoms with Crippen LogP contribution in [0.2, 0.25) is 0 Å². The fourth-order valence-corrected chi connectivity index (χ4v) is 3.81. The molecule has 0 saturated carbocycles. The van der Waals surface area contributed by atoms with Crippen LogP contribution in [0.5, 0.6) is 0 Å². The molecule has 0 spiro atoms. The molecule has 122 valence electrons. The van der Waals surface area contributed by atoms with Crippen molar-refractivity contribution in [2.75, 3.05) is 19.7 Å². The maximum atomic E-state index is 12.4. The van der Waals surface area contributed by atoms with Gasteiger partial charge in [0.05, 0.1) is 11.6 Å². The first kappa shape index (κ1) is 16.1. The number of hydrogen-bond donors (Lipinski definition) is 0. The topological polar surface area (TPSA) is 42.4 Å². The Hall–Kier alpha value is -1.72. The van der Waals surface area contributed by atoms with Gasteiger partial charge in [0.15, 0.2) is 0 Å². The Morgan fingerprint density at radius 3 is 2.96 bits per heavy atom. The van der Waals surface area contributed by atoms with Crippen LogP contribution in [0.25, 0.3) is 0 Å². The molecular formula is C18H22N2O2S. The van der Waals surface area contributed by atoms with Crippen LogP contribution < -0.4 is 0 Å². The number of carbonyl (C=O) groups excluding carboxylic acids is 1. The normalized spacial score (nSPS) is 18.1. The highest BCUT2D eigenvalue weighted by Gasteiger charge is 2.26. The minimum absolute atomic E-state index is 0.0823. The molecular weight excluding hydrogens is 308 g/mol. The number of rotatable bonds is 5. The number of nitrogens with zero attached hydrogens (tertiary/aromatic N) is 2. The fraction of sp³-hybridized carbons (Fsp3) is 0.444. The third-order valence-corrected chi connectivity index (χ3v) is 5.22. The van der Waals surface area contributed by atoms with Gasteiger partial charge in [0.1, 0.15) is 6.61 Å². The lowest BCUT2D eigenvalue weighted by molar-refractivity contribution is -0.137. The van der Waals surface area contributed by atoms with Crippen molar-refractivity contribution in [2.24, 2.45) is 0 Å². The maximum Gasteiger partial charge on any atom is 0.248 e. The zero-order valence-corrected chi connectivity index (χ0v) is 14.2. The van der Waals surface area contributed by atoms with E-state index in [0.29, 0.717) is 12.5 Å². The Morgan fingerprint density at radius 1 is 1.39 bits per heavy atom. The lowest BCUT2D eigenvalue weighted by Crippen LogP contribution is -2.41. The minimum Gasteiger partial charge on any atom is -0.367 e. The first-order chi connectivity index (χ1) is 11.2.